The molecular formula is C27H38O3. The van der Waals surface area contributed by atoms with Crippen LogP contribution in [0.5, 0.6) is 5.75 Å². The van der Waals surface area contributed by atoms with Crippen LogP contribution in [0.3, 0.4) is 0 Å². The van der Waals surface area contributed by atoms with Gasteiger partial charge in [0.25, 0.3) is 0 Å². The molecule has 0 radical (unpaired) electrons. The van der Waals surface area contributed by atoms with Crippen molar-refractivity contribution in [1.29, 1.82) is 0 Å². The number of carbonyl (C=O) groups is 1. The Bertz CT molecular complexity index is 838. The Hall–Kier alpha value is -2.29. The third-order valence-electron chi connectivity index (χ3n) is 6.09. The van der Waals surface area contributed by atoms with Crippen LogP contribution in [0.25, 0.3) is 6.08 Å². The van der Waals surface area contributed by atoms with Gasteiger partial charge in [-0.3, -0.25) is 0 Å². The molecule has 0 fully saturated rings. The number of rotatable bonds is 9. The molecule has 0 aromatic heterocycles. The summed E-state index contributed by atoms with van der Waals surface area (Å²) in [4.78, 5) is 10.8. The number of allylic oxidation sites excluding steroid dienone is 4. The fraction of sp³-hybridized carbons (Fsp3) is 0.519. The van der Waals surface area contributed by atoms with Crippen molar-refractivity contribution < 1.29 is 14.6 Å². The number of aliphatic carboxylic acids is 1. The minimum Gasteiger partial charge on any atom is -0.493 e. The number of benzene rings is 1. The van der Waals surface area contributed by atoms with Gasteiger partial charge in [-0.1, -0.05) is 71.8 Å². The van der Waals surface area contributed by atoms with E-state index in [0.717, 1.165) is 24.3 Å². The van der Waals surface area contributed by atoms with Gasteiger partial charge in [0.15, 0.2) is 0 Å². The SMILES string of the molecule is CCCCCOc1cc2c(cc1/C=C/C=C/C(C)=C\C(=O)O)C(C)(C)CCC2(C)C. The molecular weight excluding hydrogens is 372 g/mol. The van der Waals surface area contributed by atoms with E-state index in [4.69, 9.17) is 9.84 Å². The highest BCUT2D eigenvalue weighted by molar-refractivity contribution is 5.81. The van der Waals surface area contributed by atoms with Crippen LogP contribution < -0.4 is 4.74 Å². The van der Waals surface area contributed by atoms with Gasteiger partial charge >= 0.3 is 5.97 Å². The molecule has 1 N–H and O–H groups in total. The molecule has 0 unspecified atom stereocenters. The molecule has 164 valence electrons. The van der Waals surface area contributed by atoms with Gasteiger partial charge in [0.05, 0.1) is 6.61 Å². The summed E-state index contributed by atoms with van der Waals surface area (Å²) in [5.74, 6) is 0.0153. The van der Waals surface area contributed by atoms with Crippen molar-refractivity contribution >= 4 is 12.0 Å². The zero-order chi connectivity index (χ0) is 22.4. The first-order valence-corrected chi connectivity index (χ1v) is 11.1. The Morgan fingerprint density at radius 1 is 1.07 bits per heavy atom. The summed E-state index contributed by atoms with van der Waals surface area (Å²) in [5.41, 5.74) is 4.89. The molecule has 0 spiro atoms. The lowest BCUT2D eigenvalue weighted by atomic mass is 9.63. The number of hydrogen-bond acceptors (Lipinski definition) is 2. The number of carboxylic acid groups (broad SMARTS) is 1. The smallest absolute Gasteiger partial charge is 0.328 e. The largest absolute Gasteiger partial charge is 0.493 e. The number of hydrogen-bond donors (Lipinski definition) is 1. The lowest BCUT2D eigenvalue weighted by molar-refractivity contribution is -0.131. The van der Waals surface area contributed by atoms with Crippen molar-refractivity contribution in [3.8, 4) is 5.75 Å². The molecule has 0 amide bonds. The van der Waals surface area contributed by atoms with E-state index in [2.05, 4.69) is 52.8 Å². The zero-order valence-electron chi connectivity index (χ0n) is 19.5. The van der Waals surface area contributed by atoms with Gasteiger partial charge in [-0.05, 0) is 65.8 Å². The molecule has 0 saturated carbocycles. The van der Waals surface area contributed by atoms with Gasteiger partial charge in [-0.25, -0.2) is 4.79 Å². The Balaban J connectivity index is 2.39. The van der Waals surface area contributed by atoms with Gasteiger partial charge in [-0.15, -0.1) is 0 Å². The van der Waals surface area contributed by atoms with Gasteiger partial charge < -0.3 is 9.84 Å². The van der Waals surface area contributed by atoms with E-state index in [-0.39, 0.29) is 10.8 Å². The van der Waals surface area contributed by atoms with E-state index in [1.165, 1.54) is 42.9 Å². The molecule has 3 heteroatoms. The molecule has 1 aliphatic rings. The standard InChI is InChI=1S/C27H38O3/c1-7-8-11-16-30-24-19-23-22(26(3,4)14-15-27(23,5)6)18-21(24)13-10-9-12-20(2)17-25(28)29/h9-10,12-13,17-19H,7-8,11,14-16H2,1-6H3,(H,28,29)/b12-9+,13-10+,20-17-. The molecule has 0 saturated heterocycles. The average Bonchev–Trinajstić information content (AvgIpc) is 2.66. The molecule has 2 rings (SSSR count). The predicted octanol–water partition coefficient (Wildman–Crippen LogP) is 7.20. The fourth-order valence-electron chi connectivity index (χ4n) is 4.01. The van der Waals surface area contributed by atoms with E-state index >= 15 is 0 Å². The maximum atomic E-state index is 10.8. The third kappa shape index (κ3) is 6.35. The van der Waals surface area contributed by atoms with E-state index < -0.39 is 5.97 Å². The normalized spacial score (nSPS) is 18.0. The van der Waals surface area contributed by atoms with Gasteiger partial charge in [-0.2, -0.15) is 0 Å². The van der Waals surface area contributed by atoms with Crippen LogP contribution in [0.4, 0.5) is 0 Å². The maximum absolute atomic E-state index is 10.8. The second-order valence-corrected chi connectivity index (χ2v) is 9.70. The van der Waals surface area contributed by atoms with E-state index in [1.807, 2.05) is 12.2 Å². The van der Waals surface area contributed by atoms with Crippen LogP contribution in [0.2, 0.25) is 0 Å². The van der Waals surface area contributed by atoms with Gasteiger partial charge in [0, 0.05) is 11.6 Å². The summed E-state index contributed by atoms with van der Waals surface area (Å²) in [5, 5.41) is 8.83. The fourth-order valence-corrected chi connectivity index (χ4v) is 4.01. The quantitative estimate of drug-likeness (QED) is 0.266. The molecule has 1 aromatic carbocycles. The molecule has 0 bridgehead atoms. The van der Waals surface area contributed by atoms with Crippen molar-refractivity contribution in [1.82, 2.24) is 0 Å². The molecule has 30 heavy (non-hydrogen) atoms. The lowest BCUT2D eigenvalue weighted by Gasteiger charge is -2.42. The van der Waals surface area contributed by atoms with Crippen LogP contribution in [0.15, 0.2) is 42.0 Å². The first-order chi connectivity index (χ1) is 14.1. The molecule has 0 heterocycles. The minimum absolute atomic E-state index is 0.144. The number of unbranched alkanes of at least 4 members (excludes halogenated alkanes) is 2. The average molecular weight is 411 g/mol. The van der Waals surface area contributed by atoms with Crippen molar-refractivity contribution in [2.45, 2.75) is 84.5 Å². The first kappa shape index (κ1) is 24.0. The van der Waals surface area contributed by atoms with Crippen LogP contribution >= 0.6 is 0 Å². The Kier molecular flexibility index (Phi) is 8.11. The number of ether oxygens (including phenoxy) is 1. The number of carboxylic acids is 1. The van der Waals surface area contributed by atoms with Crippen molar-refractivity contribution in [3.05, 3.63) is 58.7 Å². The van der Waals surface area contributed by atoms with Crippen LogP contribution in [-0.2, 0) is 15.6 Å². The molecule has 3 nitrogen and oxygen atoms in total. The second kappa shape index (κ2) is 10.1. The Morgan fingerprint density at radius 2 is 1.70 bits per heavy atom. The summed E-state index contributed by atoms with van der Waals surface area (Å²) in [7, 11) is 0. The Labute approximate surface area is 182 Å². The van der Waals surface area contributed by atoms with Crippen LogP contribution in [0.1, 0.15) is 90.3 Å². The maximum Gasteiger partial charge on any atom is 0.328 e. The van der Waals surface area contributed by atoms with Crippen molar-refractivity contribution in [3.63, 3.8) is 0 Å². The van der Waals surface area contributed by atoms with Gasteiger partial charge in [0.2, 0.25) is 0 Å². The monoisotopic (exact) mass is 410 g/mol. The first-order valence-electron chi connectivity index (χ1n) is 11.1. The molecule has 0 atom stereocenters. The third-order valence-corrected chi connectivity index (χ3v) is 6.09. The highest BCUT2D eigenvalue weighted by atomic mass is 16.5. The van der Waals surface area contributed by atoms with Crippen molar-refractivity contribution in [2.75, 3.05) is 6.61 Å². The highest BCUT2D eigenvalue weighted by Gasteiger charge is 2.37. The summed E-state index contributed by atoms with van der Waals surface area (Å²) >= 11 is 0. The predicted molar refractivity (Wildman–Crippen MR) is 126 cm³/mol. The highest BCUT2D eigenvalue weighted by Crippen LogP contribution is 2.47. The summed E-state index contributed by atoms with van der Waals surface area (Å²) in [6, 6.07) is 4.57. The van der Waals surface area contributed by atoms with E-state index in [9.17, 15) is 4.79 Å². The summed E-state index contributed by atoms with van der Waals surface area (Å²) < 4.78 is 6.23. The van der Waals surface area contributed by atoms with E-state index in [0.29, 0.717) is 5.57 Å². The number of fused-ring (bicyclic) bond motifs is 1. The van der Waals surface area contributed by atoms with Crippen LogP contribution in [-0.4, -0.2) is 17.7 Å². The zero-order valence-corrected chi connectivity index (χ0v) is 19.5. The van der Waals surface area contributed by atoms with E-state index in [1.54, 1.807) is 13.0 Å². The van der Waals surface area contributed by atoms with Gasteiger partial charge in [0.1, 0.15) is 5.75 Å². The molecule has 0 aliphatic heterocycles. The molecule has 1 aromatic rings. The summed E-state index contributed by atoms with van der Waals surface area (Å²) in [6.45, 7) is 14.0. The van der Waals surface area contributed by atoms with Crippen molar-refractivity contribution in [2.24, 2.45) is 0 Å². The minimum atomic E-state index is -0.927. The second-order valence-electron chi connectivity index (χ2n) is 9.70. The molecule has 1 aliphatic carbocycles. The lowest BCUT2D eigenvalue weighted by Crippen LogP contribution is -2.34. The summed E-state index contributed by atoms with van der Waals surface area (Å²) in [6.07, 6.45) is 14.7. The van der Waals surface area contributed by atoms with Crippen LogP contribution in [0, 0.1) is 0 Å². The topological polar surface area (TPSA) is 46.5 Å². The Morgan fingerprint density at radius 3 is 2.30 bits per heavy atom.